The fourth-order valence-electron chi connectivity index (χ4n) is 0.558. The van der Waals surface area contributed by atoms with Gasteiger partial charge in [0, 0.05) is 19.3 Å². The highest BCUT2D eigenvalue weighted by atomic mass is 14.2. The van der Waals surface area contributed by atoms with E-state index in [1.165, 1.54) is 0 Å². The van der Waals surface area contributed by atoms with E-state index < -0.39 is 0 Å². The van der Waals surface area contributed by atoms with Gasteiger partial charge in [0.2, 0.25) is 0 Å². The monoisotopic (exact) mass is 135 g/mol. The number of unbranched alkanes of at least 4 members (excludes halogenated alkanes) is 3. The number of nitriles is 1. The molecule has 0 aromatic rings. The van der Waals surface area contributed by atoms with Crippen LogP contribution in [0.25, 0.3) is 0 Å². The molecule has 0 unspecified atom stereocenters. The Morgan fingerprint density at radius 1 is 1.10 bits per heavy atom. The minimum Gasteiger partial charge on any atom is -0.198 e. The smallest absolute Gasteiger partial charge is 0.0622 e. The summed E-state index contributed by atoms with van der Waals surface area (Å²) in [7, 11) is 0. The molecule has 0 spiro atoms. The van der Waals surface area contributed by atoms with E-state index in [0.717, 1.165) is 25.7 Å². The second-order valence-electron chi connectivity index (χ2n) is 2.12. The zero-order chi connectivity index (χ0) is 7.66. The maximum absolute atomic E-state index is 8.17. The lowest BCUT2D eigenvalue weighted by Crippen LogP contribution is -1.69. The SMILES string of the molecule is CCCC#CCCCC#N. The second-order valence-corrected chi connectivity index (χ2v) is 2.12. The van der Waals surface area contributed by atoms with Crippen LogP contribution in [-0.4, -0.2) is 0 Å². The summed E-state index contributed by atoms with van der Waals surface area (Å²) < 4.78 is 0. The molecule has 54 valence electrons. The number of nitrogens with zero attached hydrogens (tertiary/aromatic N) is 1. The zero-order valence-corrected chi connectivity index (χ0v) is 6.48. The van der Waals surface area contributed by atoms with Crippen LogP contribution in [0.2, 0.25) is 0 Å². The average Bonchev–Trinajstić information content (AvgIpc) is 1.97. The summed E-state index contributed by atoms with van der Waals surface area (Å²) in [6.07, 6.45) is 4.57. The van der Waals surface area contributed by atoms with E-state index in [9.17, 15) is 0 Å². The third-order valence-corrected chi connectivity index (χ3v) is 1.09. The standard InChI is InChI=1S/C9H13N/c1-2-3-4-5-6-7-8-9-10/h2-3,6-8H2,1H3. The molecule has 0 aliphatic carbocycles. The van der Waals surface area contributed by atoms with Crippen molar-refractivity contribution in [2.45, 2.75) is 39.0 Å². The van der Waals surface area contributed by atoms with Gasteiger partial charge < -0.3 is 0 Å². The van der Waals surface area contributed by atoms with Crippen molar-refractivity contribution in [3.05, 3.63) is 0 Å². The Labute approximate surface area is 63.1 Å². The average molecular weight is 135 g/mol. The van der Waals surface area contributed by atoms with E-state index in [4.69, 9.17) is 5.26 Å². The van der Waals surface area contributed by atoms with Crippen LogP contribution in [0.1, 0.15) is 39.0 Å². The van der Waals surface area contributed by atoms with Gasteiger partial charge in [0.15, 0.2) is 0 Å². The molecule has 0 rings (SSSR count). The number of hydrogen-bond donors (Lipinski definition) is 0. The zero-order valence-electron chi connectivity index (χ0n) is 6.48. The lowest BCUT2D eigenvalue weighted by atomic mass is 10.2. The number of hydrogen-bond acceptors (Lipinski definition) is 1. The topological polar surface area (TPSA) is 23.8 Å². The molecule has 0 amide bonds. The molecular formula is C9H13N. The Morgan fingerprint density at radius 2 is 1.80 bits per heavy atom. The largest absolute Gasteiger partial charge is 0.198 e. The van der Waals surface area contributed by atoms with Gasteiger partial charge in [-0.25, -0.2) is 0 Å². The van der Waals surface area contributed by atoms with Crippen molar-refractivity contribution >= 4 is 0 Å². The first-order valence-electron chi connectivity index (χ1n) is 3.74. The molecule has 0 radical (unpaired) electrons. The van der Waals surface area contributed by atoms with E-state index in [1.807, 2.05) is 0 Å². The van der Waals surface area contributed by atoms with E-state index in [-0.39, 0.29) is 0 Å². The molecule has 0 saturated heterocycles. The van der Waals surface area contributed by atoms with Crippen molar-refractivity contribution in [2.75, 3.05) is 0 Å². The Morgan fingerprint density at radius 3 is 2.40 bits per heavy atom. The maximum atomic E-state index is 8.17. The Bertz CT molecular complexity index is 154. The van der Waals surface area contributed by atoms with Crippen LogP contribution in [0.5, 0.6) is 0 Å². The molecule has 1 nitrogen and oxygen atoms in total. The number of rotatable bonds is 3. The molecule has 0 aliphatic rings. The van der Waals surface area contributed by atoms with Crippen molar-refractivity contribution in [3.63, 3.8) is 0 Å². The summed E-state index contributed by atoms with van der Waals surface area (Å²) in [4.78, 5) is 0. The Kier molecular flexibility index (Phi) is 7.29. The van der Waals surface area contributed by atoms with Crippen LogP contribution >= 0.6 is 0 Å². The highest BCUT2D eigenvalue weighted by molar-refractivity contribution is 4.98. The fourth-order valence-corrected chi connectivity index (χ4v) is 0.558. The fraction of sp³-hybridized carbons (Fsp3) is 0.667. The summed E-state index contributed by atoms with van der Waals surface area (Å²) in [5.74, 6) is 6.05. The summed E-state index contributed by atoms with van der Waals surface area (Å²) in [5, 5.41) is 8.17. The highest BCUT2D eigenvalue weighted by Crippen LogP contribution is 1.91. The van der Waals surface area contributed by atoms with E-state index >= 15 is 0 Å². The molecule has 0 fully saturated rings. The third-order valence-electron chi connectivity index (χ3n) is 1.09. The first kappa shape index (κ1) is 9.05. The second kappa shape index (κ2) is 8.05. The first-order chi connectivity index (χ1) is 4.91. The van der Waals surface area contributed by atoms with Crippen LogP contribution in [0.15, 0.2) is 0 Å². The van der Waals surface area contributed by atoms with Gasteiger partial charge in [-0.05, 0) is 12.8 Å². The third kappa shape index (κ3) is 7.05. The molecule has 0 atom stereocenters. The predicted octanol–water partition coefficient (Wildman–Crippen LogP) is 2.48. The van der Waals surface area contributed by atoms with E-state index in [1.54, 1.807) is 0 Å². The van der Waals surface area contributed by atoms with Crippen molar-refractivity contribution in [3.8, 4) is 17.9 Å². The minimum atomic E-state index is 0.640. The first-order valence-corrected chi connectivity index (χ1v) is 3.74. The quantitative estimate of drug-likeness (QED) is 0.431. The Balaban J connectivity index is 3.05. The lowest BCUT2D eigenvalue weighted by Gasteiger charge is -1.81. The van der Waals surface area contributed by atoms with Crippen molar-refractivity contribution in [2.24, 2.45) is 0 Å². The van der Waals surface area contributed by atoms with E-state index in [2.05, 4.69) is 24.8 Å². The molecule has 0 aromatic carbocycles. The van der Waals surface area contributed by atoms with Gasteiger partial charge in [0.05, 0.1) is 6.07 Å². The summed E-state index contributed by atoms with van der Waals surface area (Å²) >= 11 is 0. The van der Waals surface area contributed by atoms with Crippen LogP contribution in [-0.2, 0) is 0 Å². The molecule has 0 saturated carbocycles. The molecular weight excluding hydrogens is 122 g/mol. The normalized spacial score (nSPS) is 7.60. The van der Waals surface area contributed by atoms with Gasteiger partial charge in [-0.3, -0.25) is 0 Å². The van der Waals surface area contributed by atoms with E-state index in [0.29, 0.717) is 6.42 Å². The molecule has 0 heterocycles. The minimum absolute atomic E-state index is 0.640. The van der Waals surface area contributed by atoms with Gasteiger partial charge in [-0.15, -0.1) is 11.8 Å². The van der Waals surface area contributed by atoms with Gasteiger partial charge in [0.25, 0.3) is 0 Å². The molecule has 1 heteroatoms. The van der Waals surface area contributed by atoms with Crippen molar-refractivity contribution < 1.29 is 0 Å². The Hall–Kier alpha value is -0.950. The van der Waals surface area contributed by atoms with Gasteiger partial charge in [0.1, 0.15) is 0 Å². The summed E-state index contributed by atoms with van der Waals surface area (Å²) in [6.45, 7) is 2.12. The van der Waals surface area contributed by atoms with Crippen LogP contribution in [0.3, 0.4) is 0 Å². The summed E-state index contributed by atoms with van der Waals surface area (Å²) in [6, 6.07) is 2.09. The molecule has 10 heavy (non-hydrogen) atoms. The lowest BCUT2D eigenvalue weighted by molar-refractivity contribution is 0.890. The van der Waals surface area contributed by atoms with Crippen molar-refractivity contribution in [1.29, 1.82) is 5.26 Å². The molecule has 0 aliphatic heterocycles. The van der Waals surface area contributed by atoms with Gasteiger partial charge in [-0.2, -0.15) is 5.26 Å². The predicted molar refractivity (Wildman–Crippen MR) is 42.1 cm³/mol. The molecule has 0 aromatic heterocycles. The van der Waals surface area contributed by atoms with Gasteiger partial charge in [-0.1, -0.05) is 6.92 Å². The van der Waals surface area contributed by atoms with Gasteiger partial charge >= 0.3 is 0 Å². The summed E-state index contributed by atoms with van der Waals surface area (Å²) in [5.41, 5.74) is 0. The van der Waals surface area contributed by atoms with Crippen molar-refractivity contribution in [1.82, 2.24) is 0 Å². The molecule has 0 N–H and O–H groups in total. The molecule has 0 bridgehead atoms. The van der Waals surface area contributed by atoms with Crippen LogP contribution in [0, 0.1) is 23.2 Å². The van der Waals surface area contributed by atoms with Crippen LogP contribution < -0.4 is 0 Å². The highest BCUT2D eigenvalue weighted by Gasteiger charge is 1.79. The van der Waals surface area contributed by atoms with Crippen LogP contribution in [0.4, 0.5) is 0 Å². The maximum Gasteiger partial charge on any atom is 0.0622 e.